The topological polar surface area (TPSA) is 37.4 Å². The van der Waals surface area contributed by atoms with E-state index >= 15 is 0 Å². The van der Waals surface area contributed by atoms with E-state index in [9.17, 15) is 9.59 Å². The third kappa shape index (κ3) is 4.22. The number of fused-ring (bicyclic) bond motifs is 1. The Kier molecular flexibility index (Phi) is 5.84. The Labute approximate surface area is 195 Å². The molecule has 0 spiro atoms. The Balaban J connectivity index is 1.42. The predicted molar refractivity (Wildman–Crippen MR) is 132 cm³/mol. The molecule has 1 aliphatic heterocycles. The molecule has 0 unspecified atom stereocenters. The monoisotopic (exact) mass is 453 g/mol. The summed E-state index contributed by atoms with van der Waals surface area (Å²) in [4.78, 5) is 29.8. The van der Waals surface area contributed by atoms with Gasteiger partial charge in [-0.3, -0.25) is 14.5 Å². The summed E-state index contributed by atoms with van der Waals surface area (Å²) in [6.07, 6.45) is 1.83. The maximum Gasteiger partial charge on any atom is 0.293 e. The van der Waals surface area contributed by atoms with Crippen LogP contribution in [0, 0.1) is 0 Å². The molecule has 156 valence electrons. The first-order chi connectivity index (χ1) is 15.7. The molecule has 2 amide bonds. The van der Waals surface area contributed by atoms with Crippen molar-refractivity contribution in [1.29, 1.82) is 0 Å². The molecule has 5 rings (SSSR count). The van der Waals surface area contributed by atoms with Crippen LogP contribution in [0.3, 0.4) is 0 Å². The molecule has 3 nitrogen and oxygen atoms in total. The lowest BCUT2D eigenvalue weighted by molar-refractivity contribution is -0.123. The molecule has 0 atom stereocenters. The molecule has 1 aliphatic rings. The molecular formula is C27H19NO2S2. The van der Waals surface area contributed by atoms with E-state index in [0.717, 1.165) is 43.5 Å². The first-order valence-corrected chi connectivity index (χ1v) is 11.9. The molecule has 1 fully saturated rings. The van der Waals surface area contributed by atoms with Gasteiger partial charge in [-0.1, -0.05) is 90.6 Å². The van der Waals surface area contributed by atoms with Gasteiger partial charge in [-0.25, -0.2) is 0 Å². The number of nitrogens with zero attached hydrogens (tertiary/aromatic N) is 1. The molecular weight excluding hydrogens is 434 g/mol. The van der Waals surface area contributed by atoms with E-state index < -0.39 is 0 Å². The smallest absolute Gasteiger partial charge is 0.268 e. The number of thioether (sulfide) groups is 1. The molecule has 1 saturated heterocycles. The lowest BCUT2D eigenvalue weighted by Gasteiger charge is -2.14. The fourth-order valence-electron chi connectivity index (χ4n) is 3.69. The van der Waals surface area contributed by atoms with Crippen LogP contribution < -0.4 is 0 Å². The highest BCUT2D eigenvalue weighted by atomic mass is 32.2. The van der Waals surface area contributed by atoms with E-state index in [-0.39, 0.29) is 17.7 Å². The second-order valence-corrected chi connectivity index (χ2v) is 9.47. The third-order valence-electron chi connectivity index (χ3n) is 5.26. The zero-order valence-electron chi connectivity index (χ0n) is 17.1. The van der Waals surface area contributed by atoms with Crippen LogP contribution >= 0.6 is 23.5 Å². The van der Waals surface area contributed by atoms with Crippen molar-refractivity contribution < 1.29 is 9.59 Å². The number of carbonyl (C=O) groups is 2. The average Bonchev–Trinajstić information content (AvgIpc) is 3.08. The number of benzene rings is 4. The van der Waals surface area contributed by atoms with Gasteiger partial charge in [0, 0.05) is 9.79 Å². The molecule has 4 aromatic carbocycles. The highest BCUT2D eigenvalue weighted by molar-refractivity contribution is 8.18. The van der Waals surface area contributed by atoms with Crippen LogP contribution in [0.1, 0.15) is 11.1 Å². The van der Waals surface area contributed by atoms with Crippen LogP contribution in [0.5, 0.6) is 0 Å². The molecule has 4 aromatic rings. The van der Waals surface area contributed by atoms with Gasteiger partial charge in [0.15, 0.2) is 0 Å². The van der Waals surface area contributed by atoms with Crippen molar-refractivity contribution in [2.45, 2.75) is 16.3 Å². The fourth-order valence-corrected chi connectivity index (χ4v) is 5.45. The van der Waals surface area contributed by atoms with E-state index in [1.54, 1.807) is 11.8 Å². The lowest BCUT2D eigenvalue weighted by atomic mass is 10.0. The van der Waals surface area contributed by atoms with Crippen molar-refractivity contribution in [3.63, 3.8) is 0 Å². The number of hydrogen-bond donors (Lipinski definition) is 0. The maximum absolute atomic E-state index is 13.1. The van der Waals surface area contributed by atoms with Crippen molar-refractivity contribution in [3.05, 3.63) is 113 Å². The second-order valence-electron chi connectivity index (χ2n) is 7.36. The van der Waals surface area contributed by atoms with Crippen molar-refractivity contribution >= 4 is 51.5 Å². The number of carbonyl (C=O) groups excluding carboxylic acids is 2. The maximum atomic E-state index is 13.1. The first kappa shape index (κ1) is 20.6. The third-order valence-corrected chi connectivity index (χ3v) is 7.27. The minimum atomic E-state index is -0.243. The summed E-state index contributed by atoms with van der Waals surface area (Å²) in [5, 5.41) is 1.92. The summed E-state index contributed by atoms with van der Waals surface area (Å²) in [7, 11) is 0. The normalized spacial score (nSPS) is 15.1. The zero-order chi connectivity index (χ0) is 21.9. The van der Waals surface area contributed by atoms with Crippen molar-refractivity contribution in [3.8, 4) is 0 Å². The van der Waals surface area contributed by atoms with E-state index in [4.69, 9.17) is 0 Å². The van der Waals surface area contributed by atoms with Crippen LogP contribution in [-0.2, 0) is 11.3 Å². The summed E-state index contributed by atoms with van der Waals surface area (Å²) >= 11 is 2.65. The van der Waals surface area contributed by atoms with Gasteiger partial charge in [0.1, 0.15) is 0 Å². The van der Waals surface area contributed by atoms with Crippen LogP contribution in [0.2, 0.25) is 0 Å². The molecule has 0 saturated carbocycles. The summed E-state index contributed by atoms with van der Waals surface area (Å²) in [5.74, 6) is -0.243. The van der Waals surface area contributed by atoms with Gasteiger partial charge in [0.25, 0.3) is 11.1 Å². The van der Waals surface area contributed by atoms with E-state index in [0.29, 0.717) is 4.91 Å². The Hall–Kier alpha value is -3.28. The summed E-state index contributed by atoms with van der Waals surface area (Å²) in [6.45, 7) is 0.268. The van der Waals surface area contributed by atoms with Gasteiger partial charge in [0.05, 0.1) is 11.4 Å². The van der Waals surface area contributed by atoms with Gasteiger partial charge < -0.3 is 0 Å². The quantitative estimate of drug-likeness (QED) is 0.299. The van der Waals surface area contributed by atoms with Gasteiger partial charge in [-0.15, -0.1) is 0 Å². The van der Waals surface area contributed by atoms with Crippen molar-refractivity contribution in [1.82, 2.24) is 4.90 Å². The Morgan fingerprint density at radius 2 is 1.50 bits per heavy atom. The zero-order valence-corrected chi connectivity index (χ0v) is 18.7. The average molecular weight is 454 g/mol. The Bertz CT molecular complexity index is 1340. The van der Waals surface area contributed by atoms with Gasteiger partial charge in [0.2, 0.25) is 0 Å². The number of imide groups is 1. The van der Waals surface area contributed by atoms with Gasteiger partial charge in [-0.2, -0.15) is 0 Å². The summed E-state index contributed by atoms with van der Waals surface area (Å²) in [6, 6.07) is 32.0. The van der Waals surface area contributed by atoms with Crippen molar-refractivity contribution in [2.24, 2.45) is 0 Å². The molecule has 0 N–H and O–H groups in total. The minimum Gasteiger partial charge on any atom is -0.268 e. The fraction of sp³-hybridized carbons (Fsp3) is 0.0370. The number of rotatable bonds is 5. The standard InChI is InChI=1S/C27H19NO2S2/c29-26-25(17-20-10-5-7-16-24(20)31-22-13-2-1-3-14-22)32-27(30)28(26)18-21-12-8-11-19-9-4-6-15-23(19)21/h1-17H,18H2/b25-17-. The highest BCUT2D eigenvalue weighted by Crippen LogP contribution is 2.37. The summed E-state index contributed by atoms with van der Waals surface area (Å²) in [5.41, 5.74) is 1.89. The Morgan fingerprint density at radius 3 is 2.38 bits per heavy atom. The first-order valence-electron chi connectivity index (χ1n) is 10.2. The second kappa shape index (κ2) is 9.07. The molecule has 1 heterocycles. The minimum absolute atomic E-state index is 0.234. The van der Waals surface area contributed by atoms with E-state index in [2.05, 4.69) is 12.1 Å². The van der Waals surface area contributed by atoms with E-state index in [1.165, 1.54) is 4.90 Å². The highest BCUT2D eigenvalue weighted by Gasteiger charge is 2.35. The SMILES string of the molecule is O=C1S/C(=C\c2ccccc2Sc2ccccc2)C(=O)N1Cc1cccc2ccccc12. The Morgan fingerprint density at radius 1 is 0.781 bits per heavy atom. The largest absolute Gasteiger partial charge is 0.293 e. The molecule has 32 heavy (non-hydrogen) atoms. The van der Waals surface area contributed by atoms with E-state index in [1.807, 2.05) is 91.0 Å². The lowest BCUT2D eigenvalue weighted by Crippen LogP contribution is -2.27. The van der Waals surface area contributed by atoms with Gasteiger partial charge in [-0.05, 0) is 57.9 Å². The van der Waals surface area contributed by atoms with Gasteiger partial charge >= 0.3 is 0 Å². The molecule has 0 bridgehead atoms. The van der Waals surface area contributed by atoms with Crippen LogP contribution in [-0.4, -0.2) is 16.0 Å². The van der Waals surface area contributed by atoms with Crippen LogP contribution in [0.15, 0.2) is 112 Å². The molecule has 0 aliphatic carbocycles. The van der Waals surface area contributed by atoms with Crippen LogP contribution in [0.25, 0.3) is 16.8 Å². The van der Waals surface area contributed by atoms with Crippen LogP contribution in [0.4, 0.5) is 4.79 Å². The van der Waals surface area contributed by atoms with Crippen molar-refractivity contribution in [2.75, 3.05) is 0 Å². The summed E-state index contributed by atoms with van der Waals surface area (Å²) < 4.78 is 0. The predicted octanol–water partition coefficient (Wildman–Crippen LogP) is 7.23. The molecule has 0 radical (unpaired) electrons. The molecule has 5 heteroatoms. The number of hydrogen-bond acceptors (Lipinski definition) is 4. The molecule has 0 aromatic heterocycles. The number of amides is 2.